The van der Waals surface area contributed by atoms with Gasteiger partial charge in [0, 0.05) is 18.2 Å². The lowest BCUT2D eigenvalue weighted by molar-refractivity contribution is 0.0947. The van der Waals surface area contributed by atoms with Crippen LogP contribution in [0.15, 0.2) is 46.8 Å². The zero-order chi connectivity index (χ0) is 22.4. The summed E-state index contributed by atoms with van der Waals surface area (Å²) >= 11 is 2.49. The number of hydrogen-bond acceptors (Lipinski definition) is 7. The molecule has 7 nitrogen and oxygen atoms in total. The van der Waals surface area contributed by atoms with Crippen molar-refractivity contribution in [1.82, 2.24) is 10.3 Å². The number of thiazole rings is 1. The third-order valence-electron chi connectivity index (χ3n) is 4.28. The lowest BCUT2D eigenvalue weighted by Crippen LogP contribution is -2.25. The highest BCUT2D eigenvalue weighted by atomic mass is 32.2. The molecule has 0 bridgehead atoms. The molecule has 3 rings (SSSR count). The summed E-state index contributed by atoms with van der Waals surface area (Å²) in [4.78, 5) is 29.6. The van der Waals surface area contributed by atoms with Crippen molar-refractivity contribution in [2.45, 2.75) is 10.9 Å². The molecule has 0 fully saturated rings. The molecule has 0 unspecified atom stereocenters. The number of carbonyl (C=O) groups excluding carboxylic acids is 2. The molecule has 162 valence electrons. The number of anilines is 1. The maximum atomic E-state index is 13.9. The van der Waals surface area contributed by atoms with Crippen LogP contribution in [0.25, 0.3) is 0 Å². The Kier molecular flexibility index (Phi) is 7.48. The third kappa shape index (κ3) is 5.33. The van der Waals surface area contributed by atoms with E-state index in [2.05, 4.69) is 15.6 Å². The Labute approximate surface area is 187 Å². The van der Waals surface area contributed by atoms with Gasteiger partial charge >= 0.3 is 0 Å². The normalized spacial score (nSPS) is 10.5. The van der Waals surface area contributed by atoms with E-state index in [4.69, 9.17) is 9.47 Å². The highest BCUT2D eigenvalue weighted by Crippen LogP contribution is 2.31. The summed E-state index contributed by atoms with van der Waals surface area (Å²) in [5, 5.41) is 5.63. The molecule has 0 saturated carbocycles. The summed E-state index contributed by atoms with van der Waals surface area (Å²) in [5.74, 6) is -0.573. The van der Waals surface area contributed by atoms with E-state index in [1.54, 1.807) is 31.4 Å². The van der Waals surface area contributed by atoms with Gasteiger partial charge in [0.1, 0.15) is 22.3 Å². The zero-order valence-corrected chi connectivity index (χ0v) is 18.7. The highest BCUT2D eigenvalue weighted by Gasteiger charge is 2.22. The Balaban J connectivity index is 1.78. The maximum absolute atomic E-state index is 13.9. The quantitative estimate of drug-likeness (QED) is 0.489. The molecule has 0 aliphatic carbocycles. The van der Waals surface area contributed by atoms with E-state index >= 15 is 0 Å². The van der Waals surface area contributed by atoms with E-state index in [0.29, 0.717) is 15.8 Å². The van der Waals surface area contributed by atoms with Gasteiger partial charge in [-0.3, -0.25) is 9.59 Å². The molecule has 0 spiro atoms. The molecule has 0 aliphatic rings. The van der Waals surface area contributed by atoms with Crippen LogP contribution >= 0.6 is 23.1 Å². The molecular weight excluding hydrogens is 441 g/mol. The third-order valence-corrected chi connectivity index (χ3v) is 6.23. The molecule has 0 aliphatic heterocycles. The number of ether oxygens (including phenoxy) is 2. The average Bonchev–Trinajstić information content (AvgIpc) is 3.20. The minimum Gasteiger partial charge on any atom is -0.497 e. The van der Waals surface area contributed by atoms with Gasteiger partial charge in [-0.25, -0.2) is 9.37 Å². The SMILES string of the molecule is COc1ccc(CNC(=O)c2nc(SC)sc2NC(=O)c2ccccc2F)c(OC)c1. The molecule has 0 radical (unpaired) electrons. The van der Waals surface area contributed by atoms with Crippen molar-refractivity contribution in [2.75, 3.05) is 25.8 Å². The number of nitrogens with one attached hydrogen (secondary N) is 2. The Bertz CT molecular complexity index is 1100. The van der Waals surface area contributed by atoms with Crippen molar-refractivity contribution < 1.29 is 23.5 Å². The van der Waals surface area contributed by atoms with Crippen molar-refractivity contribution in [3.05, 3.63) is 65.1 Å². The lowest BCUT2D eigenvalue weighted by Gasteiger charge is -2.11. The number of rotatable bonds is 8. The molecule has 3 aromatic rings. The second kappa shape index (κ2) is 10.3. The number of benzene rings is 2. The zero-order valence-electron chi connectivity index (χ0n) is 17.0. The Morgan fingerprint density at radius 3 is 2.58 bits per heavy atom. The second-order valence-electron chi connectivity index (χ2n) is 6.16. The molecule has 1 aromatic heterocycles. The van der Waals surface area contributed by atoms with E-state index in [0.717, 1.165) is 16.9 Å². The fourth-order valence-electron chi connectivity index (χ4n) is 2.70. The van der Waals surface area contributed by atoms with Crippen molar-refractivity contribution in [1.29, 1.82) is 0 Å². The van der Waals surface area contributed by atoms with Crippen molar-refractivity contribution in [3.8, 4) is 11.5 Å². The molecule has 2 amide bonds. The molecule has 2 aromatic carbocycles. The predicted octanol–water partition coefficient (Wildman–Crippen LogP) is 4.20. The topological polar surface area (TPSA) is 89.5 Å². The van der Waals surface area contributed by atoms with Gasteiger partial charge in [0.2, 0.25) is 0 Å². The largest absolute Gasteiger partial charge is 0.497 e. The smallest absolute Gasteiger partial charge is 0.273 e. The first-order valence-electron chi connectivity index (χ1n) is 9.06. The van der Waals surface area contributed by atoms with Gasteiger partial charge in [-0.2, -0.15) is 0 Å². The van der Waals surface area contributed by atoms with Crippen LogP contribution in [0.5, 0.6) is 11.5 Å². The number of nitrogens with zero attached hydrogens (tertiary/aromatic N) is 1. The van der Waals surface area contributed by atoms with E-state index in [1.165, 1.54) is 37.1 Å². The number of methoxy groups -OCH3 is 2. The lowest BCUT2D eigenvalue weighted by atomic mass is 10.2. The highest BCUT2D eigenvalue weighted by molar-refractivity contribution is 8.00. The minimum absolute atomic E-state index is 0.0616. The summed E-state index contributed by atoms with van der Waals surface area (Å²) in [7, 11) is 3.08. The number of thioether (sulfide) groups is 1. The van der Waals surface area contributed by atoms with Crippen LogP contribution in [-0.2, 0) is 6.54 Å². The number of aromatic nitrogens is 1. The van der Waals surface area contributed by atoms with Crippen LogP contribution in [0.2, 0.25) is 0 Å². The molecular formula is C21H20FN3O4S2. The molecule has 0 atom stereocenters. The molecule has 10 heteroatoms. The maximum Gasteiger partial charge on any atom is 0.273 e. The van der Waals surface area contributed by atoms with Gasteiger partial charge in [0.15, 0.2) is 10.0 Å². The molecule has 31 heavy (non-hydrogen) atoms. The number of carbonyl (C=O) groups is 2. The van der Waals surface area contributed by atoms with E-state index in [1.807, 2.05) is 6.26 Å². The summed E-state index contributed by atoms with van der Waals surface area (Å²) in [6, 6.07) is 10.9. The van der Waals surface area contributed by atoms with Crippen molar-refractivity contribution >= 4 is 39.9 Å². The summed E-state index contributed by atoms with van der Waals surface area (Å²) in [6.45, 7) is 0.179. The molecule has 2 N–H and O–H groups in total. The average molecular weight is 462 g/mol. The van der Waals surface area contributed by atoms with Gasteiger partial charge in [-0.15, -0.1) is 0 Å². The monoisotopic (exact) mass is 461 g/mol. The van der Waals surface area contributed by atoms with E-state index in [-0.39, 0.29) is 22.8 Å². The first-order chi connectivity index (χ1) is 15.0. The van der Waals surface area contributed by atoms with Crippen LogP contribution in [0.1, 0.15) is 26.4 Å². The Morgan fingerprint density at radius 2 is 1.90 bits per heavy atom. The number of halogens is 1. The van der Waals surface area contributed by atoms with Gasteiger partial charge < -0.3 is 20.1 Å². The van der Waals surface area contributed by atoms with Crippen molar-refractivity contribution in [3.63, 3.8) is 0 Å². The van der Waals surface area contributed by atoms with Crippen molar-refractivity contribution in [2.24, 2.45) is 0 Å². The Hall–Kier alpha value is -3.11. The van der Waals surface area contributed by atoms with Gasteiger partial charge in [-0.1, -0.05) is 35.2 Å². The first-order valence-corrected chi connectivity index (χ1v) is 11.1. The van der Waals surface area contributed by atoms with Crippen LogP contribution in [-0.4, -0.2) is 37.3 Å². The van der Waals surface area contributed by atoms with E-state index < -0.39 is 17.6 Å². The van der Waals surface area contributed by atoms with E-state index in [9.17, 15) is 14.0 Å². The summed E-state index contributed by atoms with van der Waals surface area (Å²) in [6.07, 6.45) is 1.81. The summed E-state index contributed by atoms with van der Waals surface area (Å²) in [5.41, 5.74) is 0.691. The standard InChI is InChI=1S/C21H20FN3O4S2/c1-28-13-9-8-12(16(10-13)29-2)11-23-19(27)17-20(31-21(24-17)30-3)25-18(26)14-6-4-5-7-15(14)22/h4-10H,11H2,1-3H3,(H,23,27)(H,25,26). The van der Waals surface area contributed by atoms with Gasteiger partial charge in [-0.05, 0) is 30.5 Å². The van der Waals surface area contributed by atoms with Crippen LogP contribution in [0.4, 0.5) is 9.39 Å². The minimum atomic E-state index is -0.653. The fraction of sp³-hybridized carbons (Fsp3) is 0.190. The summed E-state index contributed by atoms with van der Waals surface area (Å²) < 4.78 is 25.0. The predicted molar refractivity (Wildman–Crippen MR) is 119 cm³/mol. The van der Waals surface area contributed by atoms with Crippen LogP contribution in [0, 0.1) is 5.82 Å². The number of hydrogen-bond donors (Lipinski definition) is 2. The second-order valence-corrected chi connectivity index (χ2v) is 8.21. The number of amides is 2. The van der Waals surface area contributed by atoms with Gasteiger partial charge in [0.25, 0.3) is 11.8 Å². The first kappa shape index (κ1) is 22.6. The Morgan fingerprint density at radius 1 is 1.13 bits per heavy atom. The van der Waals surface area contributed by atoms with Crippen LogP contribution in [0.3, 0.4) is 0 Å². The van der Waals surface area contributed by atoms with Gasteiger partial charge in [0.05, 0.1) is 19.8 Å². The molecule has 1 heterocycles. The van der Waals surface area contributed by atoms with Crippen LogP contribution < -0.4 is 20.1 Å². The molecule has 0 saturated heterocycles. The fourth-order valence-corrected chi connectivity index (χ4v) is 4.16.